The molecule has 1 atom stereocenters. The third-order valence-electron chi connectivity index (χ3n) is 3.16. The lowest BCUT2D eigenvalue weighted by molar-refractivity contribution is 0.490. The van der Waals surface area contributed by atoms with Crippen LogP contribution in [0.25, 0.3) is 0 Å². The van der Waals surface area contributed by atoms with Gasteiger partial charge >= 0.3 is 0 Å². The van der Waals surface area contributed by atoms with Crippen molar-refractivity contribution in [3.05, 3.63) is 24.0 Å². The van der Waals surface area contributed by atoms with Crippen LogP contribution in [0.5, 0.6) is 0 Å². The molecule has 0 saturated carbocycles. The summed E-state index contributed by atoms with van der Waals surface area (Å²) in [5.41, 5.74) is 0.469. The van der Waals surface area contributed by atoms with E-state index in [1.165, 1.54) is 6.07 Å². The number of rotatable bonds is 2. The Bertz CT molecular complexity index is 545. The molecule has 0 bridgehead atoms. The van der Waals surface area contributed by atoms with Gasteiger partial charge in [-0.1, -0.05) is 0 Å². The number of hydrogen-bond acceptors (Lipinski definition) is 4. The fourth-order valence-corrected chi connectivity index (χ4v) is 2.78. The molecule has 100 valence electrons. The van der Waals surface area contributed by atoms with E-state index in [-0.39, 0.29) is 10.9 Å². The second-order valence-corrected chi connectivity index (χ2v) is 6.65. The van der Waals surface area contributed by atoms with E-state index in [0.717, 1.165) is 32.0 Å². The van der Waals surface area contributed by atoms with Crippen molar-refractivity contribution >= 4 is 15.5 Å². The summed E-state index contributed by atoms with van der Waals surface area (Å²) in [5.74, 6) is -0.480. The highest BCUT2D eigenvalue weighted by molar-refractivity contribution is 7.90. The Labute approximate surface area is 107 Å². The molecule has 1 aromatic rings. The molecule has 1 aromatic carbocycles. The van der Waals surface area contributed by atoms with Crippen molar-refractivity contribution in [2.45, 2.75) is 17.9 Å². The first-order valence-electron chi connectivity index (χ1n) is 5.86. The van der Waals surface area contributed by atoms with Crippen LogP contribution in [0.2, 0.25) is 0 Å². The number of nitrogens with one attached hydrogen (secondary N) is 1. The van der Waals surface area contributed by atoms with E-state index in [4.69, 9.17) is 0 Å². The number of sulfone groups is 1. The zero-order chi connectivity index (χ0) is 13.3. The fourth-order valence-electron chi connectivity index (χ4n) is 2.15. The summed E-state index contributed by atoms with van der Waals surface area (Å²) in [7, 11) is -3.36. The molecule has 1 heterocycles. The molecule has 0 amide bonds. The summed E-state index contributed by atoms with van der Waals surface area (Å²) in [5, 5.41) is 3.23. The van der Waals surface area contributed by atoms with Gasteiger partial charge in [-0.3, -0.25) is 0 Å². The predicted molar refractivity (Wildman–Crippen MR) is 69.2 cm³/mol. The fraction of sp³-hybridized carbons (Fsp3) is 0.500. The number of halogens is 1. The second-order valence-electron chi connectivity index (χ2n) is 4.63. The number of nitrogens with zero attached hydrogens (tertiary/aromatic N) is 1. The molecule has 0 aromatic heterocycles. The van der Waals surface area contributed by atoms with Crippen molar-refractivity contribution in [2.24, 2.45) is 0 Å². The Kier molecular flexibility index (Phi) is 3.59. The van der Waals surface area contributed by atoms with Crippen LogP contribution in [0.4, 0.5) is 10.1 Å². The second kappa shape index (κ2) is 4.85. The Morgan fingerprint density at radius 1 is 1.44 bits per heavy atom. The number of hydrogen-bond donors (Lipinski definition) is 1. The highest BCUT2D eigenvalue weighted by Crippen LogP contribution is 2.24. The quantitative estimate of drug-likeness (QED) is 0.873. The van der Waals surface area contributed by atoms with Gasteiger partial charge in [0.1, 0.15) is 5.82 Å². The SMILES string of the molecule is CC1CNCCN1c1ccc(S(C)(=O)=O)cc1F. The van der Waals surface area contributed by atoms with Gasteiger partial charge in [0.25, 0.3) is 0 Å². The lowest BCUT2D eigenvalue weighted by atomic mass is 10.1. The van der Waals surface area contributed by atoms with Crippen molar-refractivity contribution in [2.75, 3.05) is 30.8 Å². The van der Waals surface area contributed by atoms with Crippen molar-refractivity contribution in [3.63, 3.8) is 0 Å². The molecule has 2 rings (SSSR count). The van der Waals surface area contributed by atoms with Crippen LogP contribution in [0, 0.1) is 5.82 Å². The van der Waals surface area contributed by atoms with Gasteiger partial charge in [-0.15, -0.1) is 0 Å². The van der Waals surface area contributed by atoms with Crippen LogP contribution >= 0.6 is 0 Å². The van der Waals surface area contributed by atoms with Crippen LogP contribution in [-0.2, 0) is 9.84 Å². The van der Waals surface area contributed by atoms with Crippen molar-refractivity contribution in [1.29, 1.82) is 0 Å². The normalized spacial score (nSPS) is 21.1. The summed E-state index contributed by atoms with van der Waals surface area (Å²) < 4.78 is 36.7. The van der Waals surface area contributed by atoms with E-state index < -0.39 is 15.7 Å². The maximum atomic E-state index is 14.0. The number of benzene rings is 1. The van der Waals surface area contributed by atoms with Gasteiger partial charge in [-0.25, -0.2) is 12.8 Å². The number of anilines is 1. The summed E-state index contributed by atoms with van der Waals surface area (Å²) in [6, 6.07) is 4.30. The molecular weight excluding hydrogens is 255 g/mol. The molecule has 1 fully saturated rings. The largest absolute Gasteiger partial charge is 0.364 e. The van der Waals surface area contributed by atoms with Crippen molar-refractivity contribution in [1.82, 2.24) is 5.32 Å². The van der Waals surface area contributed by atoms with Crippen LogP contribution in [-0.4, -0.2) is 40.3 Å². The Balaban J connectivity index is 2.35. The first-order valence-corrected chi connectivity index (χ1v) is 7.75. The maximum Gasteiger partial charge on any atom is 0.175 e. The van der Waals surface area contributed by atoms with E-state index in [1.807, 2.05) is 11.8 Å². The highest BCUT2D eigenvalue weighted by atomic mass is 32.2. The Morgan fingerprint density at radius 2 is 2.17 bits per heavy atom. The average Bonchev–Trinajstić information content (AvgIpc) is 2.29. The Morgan fingerprint density at radius 3 is 2.72 bits per heavy atom. The average molecular weight is 272 g/mol. The molecule has 0 radical (unpaired) electrons. The molecular formula is C12H17FN2O2S. The van der Waals surface area contributed by atoms with Gasteiger partial charge < -0.3 is 10.2 Å². The molecule has 0 spiro atoms. The molecule has 4 nitrogen and oxygen atoms in total. The molecule has 1 N–H and O–H groups in total. The van der Waals surface area contributed by atoms with Crippen molar-refractivity contribution < 1.29 is 12.8 Å². The minimum absolute atomic E-state index is 0.0199. The lowest BCUT2D eigenvalue weighted by Crippen LogP contribution is -2.50. The van der Waals surface area contributed by atoms with E-state index in [0.29, 0.717) is 5.69 Å². The standard InChI is InChI=1S/C12H17FN2O2S/c1-9-8-14-5-6-15(9)12-4-3-10(7-11(12)13)18(2,16)17/h3-4,7,9,14H,5-6,8H2,1-2H3. The Hall–Kier alpha value is -1.14. The summed E-state index contributed by atoms with van der Waals surface area (Å²) >= 11 is 0. The van der Waals surface area contributed by atoms with E-state index in [1.54, 1.807) is 6.07 Å². The van der Waals surface area contributed by atoms with Crippen LogP contribution < -0.4 is 10.2 Å². The monoisotopic (exact) mass is 272 g/mol. The predicted octanol–water partition coefficient (Wildman–Crippen LogP) is 1.03. The topological polar surface area (TPSA) is 49.4 Å². The minimum atomic E-state index is -3.36. The van der Waals surface area contributed by atoms with E-state index in [9.17, 15) is 12.8 Å². The first kappa shape index (κ1) is 13.3. The minimum Gasteiger partial charge on any atom is -0.364 e. The van der Waals surface area contributed by atoms with Gasteiger partial charge in [0.2, 0.25) is 0 Å². The molecule has 1 aliphatic heterocycles. The third-order valence-corrected chi connectivity index (χ3v) is 4.27. The van der Waals surface area contributed by atoms with Gasteiger partial charge in [-0.2, -0.15) is 0 Å². The third kappa shape index (κ3) is 2.64. The molecule has 1 saturated heterocycles. The summed E-state index contributed by atoms with van der Waals surface area (Å²) in [4.78, 5) is 1.98. The van der Waals surface area contributed by atoms with Crippen LogP contribution in [0.15, 0.2) is 23.1 Å². The smallest absolute Gasteiger partial charge is 0.175 e. The van der Waals surface area contributed by atoms with Crippen LogP contribution in [0.1, 0.15) is 6.92 Å². The van der Waals surface area contributed by atoms with E-state index >= 15 is 0 Å². The summed E-state index contributed by atoms with van der Waals surface area (Å²) in [6.07, 6.45) is 1.08. The zero-order valence-electron chi connectivity index (χ0n) is 10.5. The molecule has 0 aliphatic carbocycles. The van der Waals surface area contributed by atoms with Gasteiger partial charge in [0, 0.05) is 31.9 Å². The van der Waals surface area contributed by atoms with Crippen LogP contribution in [0.3, 0.4) is 0 Å². The van der Waals surface area contributed by atoms with Gasteiger partial charge in [0.05, 0.1) is 10.6 Å². The zero-order valence-corrected chi connectivity index (χ0v) is 11.3. The van der Waals surface area contributed by atoms with E-state index in [2.05, 4.69) is 5.32 Å². The number of piperazine rings is 1. The van der Waals surface area contributed by atoms with Crippen molar-refractivity contribution in [3.8, 4) is 0 Å². The molecule has 1 aliphatic rings. The molecule has 18 heavy (non-hydrogen) atoms. The summed E-state index contributed by atoms with van der Waals surface area (Å²) in [6.45, 7) is 4.33. The molecule has 1 unspecified atom stereocenters. The highest BCUT2D eigenvalue weighted by Gasteiger charge is 2.22. The maximum absolute atomic E-state index is 14.0. The molecule has 6 heteroatoms. The lowest BCUT2D eigenvalue weighted by Gasteiger charge is -2.36. The van der Waals surface area contributed by atoms with Gasteiger partial charge in [-0.05, 0) is 25.1 Å². The van der Waals surface area contributed by atoms with Gasteiger partial charge in [0.15, 0.2) is 9.84 Å². The first-order chi connectivity index (χ1) is 8.39.